The summed E-state index contributed by atoms with van der Waals surface area (Å²) >= 11 is 5.48. The number of aryl methyl sites for hydroxylation is 1. The fourth-order valence-corrected chi connectivity index (χ4v) is 0.948. The zero-order chi connectivity index (χ0) is 7.72. The highest BCUT2D eigenvalue weighted by Gasteiger charge is 2.06. The molecule has 0 aliphatic heterocycles. The molecule has 0 bridgehead atoms. The topological polar surface area (TPSA) is 48.1 Å². The number of nitro groups is 1. The molecule has 0 aromatic carbocycles. The molecular weight excluding hydrogens is 156 g/mol. The summed E-state index contributed by atoms with van der Waals surface area (Å²) < 4.78 is 0.877. The number of nitrogens with zero attached hydrogens (tertiary/aromatic N) is 2. The van der Waals surface area contributed by atoms with Crippen molar-refractivity contribution in [1.82, 2.24) is 4.68 Å². The highest BCUT2D eigenvalue weighted by Crippen LogP contribution is 2.11. The first kappa shape index (κ1) is 7.08. The quantitative estimate of drug-likeness (QED) is 0.462. The number of hydrogen-bond donors (Lipinski definition) is 0. The van der Waals surface area contributed by atoms with Gasteiger partial charge in [0.2, 0.25) is 0 Å². The number of rotatable bonds is 1. The van der Waals surface area contributed by atoms with Crippen LogP contribution in [0.2, 0.25) is 5.02 Å². The molecule has 1 aromatic rings. The zero-order valence-corrected chi connectivity index (χ0v) is 6.00. The summed E-state index contributed by atoms with van der Waals surface area (Å²) in [6.45, 7) is 1.62. The Bertz CT molecular complexity index is 269. The predicted octanol–water partition coefficient (Wildman–Crippen LogP) is 1.49. The highest BCUT2D eigenvalue weighted by atomic mass is 35.5. The van der Waals surface area contributed by atoms with Gasteiger partial charge in [-0.2, -0.15) is 0 Å². The molecule has 0 spiro atoms. The van der Waals surface area contributed by atoms with Gasteiger partial charge in [0.15, 0.2) is 5.03 Å². The van der Waals surface area contributed by atoms with Crippen LogP contribution in [0.3, 0.4) is 0 Å². The largest absolute Gasteiger partial charge is 0.234 e. The Morgan fingerprint density at radius 2 is 2.40 bits per heavy atom. The zero-order valence-electron chi connectivity index (χ0n) is 5.24. The maximum atomic E-state index is 10.1. The van der Waals surface area contributed by atoms with Crippen LogP contribution >= 0.6 is 11.6 Å². The van der Waals surface area contributed by atoms with E-state index in [2.05, 4.69) is 0 Å². The third-order valence-electron chi connectivity index (χ3n) is 1.13. The van der Waals surface area contributed by atoms with Gasteiger partial charge in [0.05, 0.1) is 16.9 Å². The van der Waals surface area contributed by atoms with Crippen molar-refractivity contribution in [2.75, 3.05) is 0 Å². The van der Waals surface area contributed by atoms with E-state index in [0.717, 1.165) is 4.68 Å². The number of aromatic nitrogens is 1. The second-order valence-electron chi connectivity index (χ2n) is 1.88. The molecule has 4 nitrogen and oxygen atoms in total. The standard InChI is InChI=1S/C5H5ClN2O2/c1-4-2-5(6)3-7(4)8(9)10/h2-3H,1H3. The van der Waals surface area contributed by atoms with Crippen molar-refractivity contribution >= 4 is 11.6 Å². The maximum absolute atomic E-state index is 10.1. The van der Waals surface area contributed by atoms with Crippen LogP contribution in [0.5, 0.6) is 0 Å². The van der Waals surface area contributed by atoms with Crippen LogP contribution in [0.1, 0.15) is 5.69 Å². The van der Waals surface area contributed by atoms with Gasteiger partial charge in [-0.15, -0.1) is 0 Å². The lowest BCUT2D eigenvalue weighted by Crippen LogP contribution is -2.07. The summed E-state index contributed by atoms with van der Waals surface area (Å²) in [7, 11) is 0. The predicted molar refractivity (Wildman–Crippen MR) is 36.6 cm³/mol. The van der Waals surface area contributed by atoms with Crippen LogP contribution in [-0.4, -0.2) is 9.71 Å². The van der Waals surface area contributed by atoms with Crippen molar-refractivity contribution in [2.24, 2.45) is 0 Å². The van der Waals surface area contributed by atoms with E-state index < -0.39 is 5.03 Å². The van der Waals surface area contributed by atoms with Crippen LogP contribution in [0.25, 0.3) is 0 Å². The van der Waals surface area contributed by atoms with Gasteiger partial charge >= 0.3 is 0 Å². The van der Waals surface area contributed by atoms with Gasteiger partial charge in [-0.3, -0.25) is 0 Å². The van der Waals surface area contributed by atoms with Gasteiger partial charge in [0.1, 0.15) is 0 Å². The monoisotopic (exact) mass is 160 g/mol. The Labute approximate surface area is 62.1 Å². The first-order chi connectivity index (χ1) is 4.61. The van der Waals surface area contributed by atoms with Crippen LogP contribution in [-0.2, 0) is 0 Å². The Kier molecular flexibility index (Phi) is 1.63. The minimum Gasteiger partial charge on any atom is -0.234 e. The van der Waals surface area contributed by atoms with Crippen molar-refractivity contribution in [2.45, 2.75) is 6.92 Å². The van der Waals surface area contributed by atoms with E-state index in [1.165, 1.54) is 12.3 Å². The lowest BCUT2D eigenvalue weighted by molar-refractivity contribution is -0.543. The van der Waals surface area contributed by atoms with E-state index in [0.29, 0.717) is 10.7 Å². The summed E-state index contributed by atoms with van der Waals surface area (Å²) in [5.41, 5.74) is 0.523. The molecule has 0 aliphatic rings. The lowest BCUT2D eigenvalue weighted by Gasteiger charge is -1.89. The third kappa shape index (κ3) is 1.11. The molecule has 0 radical (unpaired) electrons. The third-order valence-corrected chi connectivity index (χ3v) is 1.34. The summed E-state index contributed by atoms with van der Waals surface area (Å²) in [6.07, 6.45) is 1.26. The molecule has 5 heteroatoms. The second-order valence-corrected chi connectivity index (χ2v) is 2.32. The molecule has 0 saturated carbocycles. The summed E-state index contributed by atoms with van der Waals surface area (Å²) in [4.78, 5) is 10.1. The lowest BCUT2D eigenvalue weighted by atomic mass is 10.5. The Morgan fingerprint density at radius 1 is 1.80 bits per heavy atom. The van der Waals surface area contributed by atoms with Crippen molar-refractivity contribution in [3.05, 3.63) is 33.1 Å². The van der Waals surface area contributed by atoms with Crippen molar-refractivity contribution in [1.29, 1.82) is 0 Å². The highest BCUT2D eigenvalue weighted by molar-refractivity contribution is 6.30. The number of halogens is 1. The van der Waals surface area contributed by atoms with Crippen LogP contribution < -0.4 is 0 Å². The van der Waals surface area contributed by atoms with E-state index in [9.17, 15) is 10.1 Å². The average molecular weight is 161 g/mol. The fourth-order valence-electron chi connectivity index (χ4n) is 0.698. The second kappa shape index (κ2) is 2.30. The molecule has 10 heavy (non-hydrogen) atoms. The molecule has 0 aliphatic carbocycles. The summed E-state index contributed by atoms with van der Waals surface area (Å²) in [6, 6.07) is 1.53. The van der Waals surface area contributed by atoms with E-state index in [1.54, 1.807) is 6.92 Å². The van der Waals surface area contributed by atoms with E-state index in [-0.39, 0.29) is 0 Å². The molecule has 0 fully saturated rings. The van der Waals surface area contributed by atoms with E-state index in [1.807, 2.05) is 0 Å². The van der Waals surface area contributed by atoms with Gasteiger partial charge in [-0.05, 0) is 13.0 Å². The maximum Gasteiger partial charge on any atom is 0.169 e. The summed E-state index contributed by atoms with van der Waals surface area (Å²) in [5.74, 6) is 0. The molecule has 0 saturated heterocycles. The minimum atomic E-state index is -0.527. The van der Waals surface area contributed by atoms with E-state index >= 15 is 0 Å². The molecule has 1 heterocycles. The van der Waals surface area contributed by atoms with Gasteiger partial charge < -0.3 is 0 Å². The number of hydrogen-bond acceptors (Lipinski definition) is 2. The average Bonchev–Trinajstić information content (AvgIpc) is 2.10. The van der Waals surface area contributed by atoms with Crippen molar-refractivity contribution in [3.8, 4) is 0 Å². The normalized spacial score (nSPS) is 9.80. The van der Waals surface area contributed by atoms with E-state index in [4.69, 9.17) is 11.6 Å². The molecule has 1 aromatic heterocycles. The molecule has 54 valence electrons. The van der Waals surface area contributed by atoms with Gasteiger partial charge in [-0.1, -0.05) is 16.3 Å². The van der Waals surface area contributed by atoms with Gasteiger partial charge in [0.25, 0.3) is 0 Å². The molecule has 0 atom stereocenters. The van der Waals surface area contributed by atoms with Crippen molar-refractivity contribution in [3.63, 3.8) is 0 Å². The summed E-state index contributed by atoms with van der Waals surface area (Å²) in [5, 5.41) is 10.0. The van der Waals surface area contributed by atoms with Crippen LogP contribution in [0, 0.1) is 17.0 Å². The first-order valence-corrected chi connectivity index (χ1v) is 2.98. The first-order valence-electron chi connectivity index (χ1n) is 2.60. The Balaban J connectivity index is 3.15. The van der Waals surface area contributed by atoms with Gasteiger partial charge in [0, 0.05) is 0 Å². The molecular formula is C5H5ClN2O2. The SMILES string of the molecule is Cc1cc(Cl)cn1[N+](=O)[O-]. The Hall–Kier alpha value is -1.03. The fraction of sp³-hybridized carbons (Fsp3) is 0.200. The Morgan fingerprint density at radius 3 is 2.60 bits per heavy atom. The van der Waals surface area contributed by atoms with Gasteiger partial charge in [-0.25, -0.2) is 10.1 Å². The smallest absolute Gasteiger partial charge is 0.169 e. The van der Waals surface area contributed by atoms with Crippen LogP contribution in [0.4, 0.5) is 0 Å². The molecule has 0 amide bonds. The minimum absolute atomic E-state index is 0.384. The molecule has 1 rings (SSSR count). The molecule has 0 N–H and O–H groups in total. The van der Waals surface area contributed by atoms with Crippen molar-refractivity contribution < 1.29 is 5.03 Å². The van der Waals surface area contributed by atoms with Crippen LogP contribution in [0.15, 0.2) is 12.3 Å². The molecule has 0 unspecified atom stereocenters.